The van der Waals surface area contributed by atoms with Crippen molar-refractivity contribution >= 4 is 11.9 Å². The smallest absolute Gasteiger partial charge is 0.335 e. The molecule has 2 N–H and O–H groups in total. The van der Waals surface area contributed by atoms with E-state index in [2.05, 4.69) is 44.0 Å². The lowest BCUT2D eigenvalue weighted by molar-refractivity contribution is 0.0686. The first-order valence-corrected chi connectivity index (χ1v) is 29.3. The van der Waals surface area contributed by atoms with Crippen LogP contribution in [0, 0.1) is 0 Å². The Hall–Kier alpha value is -4.46. The van der Waals surface area contributed by atoms with Crippen LogP contribution in [0.25, 0.3) is 34.2 Å². The van der Waals surface area contributed by atoms with Crippen LogP contribution in [0.4, 0.5) is 0 Å². The van der Waals surface area contributed by atoms with Crippen LogP contribution in [0.2, 0.25) is 0 Å². The zero-order valence-corrected chi connectivity index (χ0v) is 45.0. The van der Waals surface area contributed by atoms with Gasteiger partial charge in [0.05, 0.1) is 45.3 Å². The van der Waals surface area contributed by atoms with Gasteiger partial charge in [0.15, 0.2) is 0 Å². The van der Waals surface area contributed by atoms with Gasteiger partial charge in [-0.15, -0.1) is 0 Å². The number of unbranched alkanes of at least 4 members (excludes halogenated alkanes) is 31. The molecule has 8 heteroatoms. The number of hydrogen-bond donors (Lipinski definition) is 2. The Bertz CT molecular complexity index is 2030. The van der Waals surface area contributed by atoms with Crippen molar-refractivity contribution in [3.05, 3.63) is 83.2 Å². The number of carboxylic acid groups (broad SMARTS) is 2. The number of rotatable bonds is 43. The highest BCUT2D eigenvalue weighted by molar-refractivity contribution is 5.91. The van der Waals surface area contributed by atoms with E-state index >= 15 is 0 Å². The molecule has 0 radical (unpaired) electrons. The van der Waals surface area contributed by atoms with Gasteiger partial charge in [-0.2, -0.15) is 0 Å². The molecule has 0 atom stereocenters. The SMILES string of the molecule is CCCCCCCCCCCCCCCCc1cc(-c2cc(C(CCCCCCCCCCCC)CCCCCCCCCCCC)ccn2)nc(-c2cc(C(=O)O)cc(-c3cc(C(=O)O)ccn3)n2)c1. The summed E-state index contributed by atoms with van der Waals surface area (Å²) in [5.74, 6) is -1.73. The number of hydrogen-bond acceptors (Lipinski definition) is 6. The molecule has 392 valence electrons. The largest absolute Gasteiger partial charge is 0.478 e. The molecule has 0 fully saturated rings. The first-order valence-electron chi connectivity index (χ1n) is 29.3. The molecule has 0 aliphatic carbocycles. The van der Waals surface area contributed by atoms with E-state index in [0.717, 1.165) is 36.2 Å². The number of nitrogens with zero attached hydrogens (tertiary/aromatic N) is 4. The van der Waals surface area contributed by atoms with Gasteiger partial charge in [0.1, 0.15) is 0 Å². The van der Waals surface area contributed by atoms with Crippen LogP contribution in [0.5, 0.6) is 0 Å². The third kappa shape index (κ3) is 24.7. The molecule has 4 heterocycles. The average molecular weight is 973 g/mol. The lowest BCUT2D eigenvalue weighted by atomic mass is 9.88. The normalized spacial score (nSPS) is 11.5. The Morgan fingerprint density at radius 1 is 0.380 bits per heavy atom. The third-order valence-corrected chi connectivity index (χ3v) is 14.6. The van der Waals surface area contributed by atoms with Crippen molar-refractivity contribution < 1.29 is 19.8 Å². The predicted octanol–water partition coefficient (Wildman–Crippen LogP) is 19.4. The molecule has 0 amide bonds. The maximum atomic E-state index is 12.6. The van der Waals surface area contributed by atoms with Crippen molar-refractivity contribution in [2.24, 2.45) is 0 Å². The van der Waals surface area contributed by atoms with Gasteiger partial charge in [-0.25, -0.2) is 19.6 Å². The van der Waals surface area contributed by atoms with Crippen molar-refractivity contribution in [3.8, 4) is 34.2 Å². The second kappa shape index (κ2) is 37.3. The number of pyridine rings is 4. The Morgan fingerprint density at radius 2 is 0.704 bits per heavy atom. The summed E-state index contributed by atoms with van der Waals surface area (Å²) >= 11 is 0. The predicted molar refractivity (Wildman–Crippen MR) is 298 cm³/mol. The summed E-state index contributed by atoms with van der Waals surface area (Å²) in [6.07, 6.45) is 51.6. The molecule has 0 saturated carbocycles. The van der Waals surface area contributed by atoms with Crippen LogP contribution in [0.3, 0.4) is 0 Å². The van der Waals surface area contributed by atoms with Crippen LogP contribution in [-0.4, -0.2) is 42.1 Å². The first kappa shape index (κ1) is 59.1. The number of aryl methyl sites for hydroxylation is 1. The summed E-state index contributed by atoms with van der Waals surface area (Å²) in [5.41, 5.74) is 5.69. The summed E-state index contributed by atoms with van der Waals surface area (Å²) in [6.45, 7) is 6.85. The summed E-state index contributed by atoms with van der Waals surface area (Å²) in [4.78, 5) is 43.9. The highest BCUT2D eigenvalue weighted by Crippen LogP contribution is 2.33. The van der Waals surface area contributed by atoms with Gasteiger partial charge < -0.3 is 10.2 Å². The summed E-state index contributed by atoms with van der Waals surface area (Å²) < 4.78 is 0. The van der Waals surface area contributed by atoms with E-state index in [1.807, 2.05) is 12.3 Å². The zero-order valence-electron chi connectivity index (χ0n) is 45.0. The van der Waals surface area contributed by atoms with Crippen molar-refractivity contribution in [2.45, 2.75) is 264 Å². The number of carbonyl (C=O) groups is 2. The standard InChI is InChI=1S/C63H96N4O4/c1-4-7-10-13-16-19-22-23-24-25-26-29-32-35-38-51-45-58(66-59(46-51)61-50-55(63(70)71)49-60(67-61)57-48-54(62(68)69)42-44-65-57)56-47-53(41-43-64-56)52(39-36-33-30-27-20-17-14-11-8-5-2)40-37-34-31-28-21-18-15-12-9-6-3/h41-50,52H,4-40H2,1-3H3,(H,68,69)(H,70,71). The van der Waals surface area contributed by atoms with Gasteiger partial charge >= 0.3 is 11.9 Å². The Labute approximate surface area is 431 Å². The van der Waals surface area contributed by atoms with Crippen LogP contribution >= 0.6 is 0 Å². The van der Waals surface area contributed by atoms with Crippen molar-refractivity contribution in [1.29, 1.82) is 0 Å². The van der Waals surface area contributed by atoms with Crippen molar-refractivity contribution in [2.75, 3.05) is 0 Å². The van der Waals surface area contributed by atoms with Crippen LogP contribution in [-0.2, 0) is 6.42 Å². The molecule has 0 aliphatic rings. The van der Waals surface area contributed by atoms with Gasteiger partial charge in [0.2, 0.25) is 0 Å². The molecule has 71 heavy (non-hydrogen) atoms. The fourth-order valence-electron chi connectivity index (χ4n) is 10.2. The number of carboxylic acids is 2. The van der Waals surface area contributed by atoms with E-state index in [4.69, 9.17) is 15.0 Å². The molecule has 4 rings (SSSR count). The van der Waals surface area contributed by atoms with E-state index in [1.54, 1.807) is 6.07 Å². The highest BCUT2D eigenvalue weighted by Gasteiger charge is 2.18. The van der Waals surface area contributed by atoms with E-state index in [9.17, 15) is 19.8 Å². The second-order valence-corrected chi connectivity index (χ2v) is 20.9. The Morgan fingerprint density at radius 3 is 1.13 bits per heavy atom. The van der Waals surface area contributed by atoms with Crippen LogP contribution < -0.4 is 0 Å². The molecule has 0 aromatic carbocycles. The van der Waals surface area contributed by atoms with Gasteiger partial charge in [-0.1, -0.05) is 233 Å². The van der Waals surface area contributed by atoms with Crippen LogP contribution in [0.15, 0.2) is 60.9 Å². The van der Waals surface area contributed by atoms with Gasteiger partial charge in [-0.3, -0.25) is 9.97 Å². The quantitative estimate of drug-likeness (QED) is 0.0420. The summed E-state index contributed by atoms with van der Waals surface area (Å²) in [6, 6.07) is 14.6. The second-order valence-electron chi connectivity index (χ2n) is 20.9. The lowest BCUT2D eigenvalue weighted by Gasteiger charge is -2.19. The highest BCUT2D eigenvalue weighted by atomic mass is 16.4. The molecule has 0 bridgehead atoms. The average Bonchev–Trinajstić information content (AvgIpc) is 3.39. The molecule has 0 aliphatic heterocycles. The first-order chi connectivity index (χ1) is 34.8. The number of aromatic carboxylic acids is 2. The minimum Gasteiger partial charge on any atom is -0.478 e. The van der Waals surface area contributed by atoms with Crippen molar-refractivity contribution in [3.63, 3.8) is 0 Å². The van der Waals surface area contributed by atoms with E-state index < -0.39 is 11.9 Å². The topological polar surface area (TPSA) is 126 Å². The van der Waals surface area contributed by atoms with Gasteiger partial charge in [-0.05, 0) is 91.3 Å². The molecule has 4 aromatic rings. The van der Waals surface area contributed by atoms with E-state index in [0.29, 0.717) is 23.0 Å². The third-order valence-electron chi connectivity index (χ3n) is 14.6. The molecular weight excluding hydrogens is 877 g/mol. The molecule has 8 nitrogen and oxygen atoms in total. The maximum Gasteiger partial charge on any atom is 0.335 e. The zero-order chi connectivity index (χ0) is 50.6. The van der Waals surface area contributed by atoms with E-state index in [1.165, 1.54) is 248 Å². The molecule has 0 saturated heterocycles. The van der Waals surface area contributed by atoms with Crippen LogP contribution in [0.1, 0.15) is 290 Å². The molecular formula is C63H96N4O4. The minimum atomic E-state index is -1.10. The fourth-order valence-corrected chi connectivity index (χ4v) is 10.2. The Balaban J connectivity index is 1.53. The minimum absolute atomic E-state index is 0.0372. The van der Waals surface area contributed by atoms with E-state index in [-0.39, 0.29) is 16.8 Å². The van der Waals surface area contributed by atoms with Crippen molar-refractivity contribution in [1.82, 2.24) is 19.9 Å². The molecule has 4 aromatic heterocycles. The van der Waals surface area contributed by atoms with Gasteiger partial charge in [0, 0.05) is 12.4 Å². The van der Waals surface area contributed by atoms with Gasteiger partial charge in [0.25, 0.3) is 0 Å². The molecule has 0 unspecified atom stereocenters. The summed E-state index contributed by atoms with van der Waals surface area (Å²) in [7, 11) is 0. The summed E-state index contributed by atoms with van der Waals surface area (Å²) in [5, 5.41) is 20.0. The lowest BCUT2D eigenvalue weighted by Crippen LogP contribution is -2.04. The number of aromatic nitrogens is 4. The maximum absolute atomic E-state index is 12.6. The fraction of sp³-hybridized carbons (Fsp3) is 0.651. The Kier molecular flexibility index (Phi) is 31.1. The monoisotopic (exact) mass is 973 g/mol. The molecule has 0 spiro atoms.